The second-order valence-corrected chi connectivity index (χ2v) is 12.7. The summed E-state index contributed by atoms with van der Waals surface area (Å²) in [5.41, 5.74) is -1.27. The molecule has 0 radical (unpaired) electrons. The monoisotopic (exact) mass is 434 g/mol. The molecule has 176 valence electrons. The third-order valence-corrected chi connectivity index (χ3v) is 10.6. The van der Waals surface area contributed by atoms with Gasteiger partial charge in [-0.15, -0.1) is 0 Å². The number of aliphatic carboxylic acids is 1. The number of aliphatic hydroxyl groups is 1. The van der Waals surface area contributed by atoms with E-state index in [1.165, 1.54) is 19.3 Å². The van der Waals surface area contributed by atoms with Gasteiger partial charge in [0.25, 0.3) is 0 Å². The molecule has 5 nitrogen and oxygen atoms in total. The summed E-state index contributed by atoms with van der Waals surface area (Å²) in [7, 11) is 0. The van der Waals surface area contributed by atoms with Crippen LogP contribution in [0.2, 0.25) is 0 Å². The van der Waals surface area contributed by atoms with Gasteiger partial charge in [0.15, 0.2) is 0 Å². The maximum absolute atomic E-state index is 12.4. The maximum atomic E-state index is 12.4. The topological polar surface area (TPSA) is 83.8 Å². The Labute approximate surface area is 187 Å². The van der Waals surface area contributed by atoms with Crippen molar-refractivity contribution in [3.63, 3.8) is 0 Å². The number of carboxylic acid groups (broad SMARTS) is 1. The number of carboxylic acids is 1. The van der Waals surface area contributed by atoms with Crippen LogP contribution in [0.1, 0.15) is 98.8 Å². The Morgan fingerprint density at radius 2 is 1.65 bits per heavy atom. The van der Waals surface area contributed by atoms with E-state index in [-0.39, 0.29) is 23.9 Å². The van der Waals surface area contributed by atoms with Crippen molar-refractivity contribution in [3.8, 4) is 0 Å². The minimum atomic E-state index is -1.09. The molecule has 2 N–H and O–H groups in total. The molecule has 4 aliphatic carbocycles. The van der Waals surface area contributed by atoms with E-state index in [0.29, 0.717) is 29.1 Å². The molecule has 0 unspecified atom stereocenters. The molecular formula is C26H42O5. The lowest BCUT2D eigenvalue weighted by Crippen LogP contribution is -2.56. The molecule has 0 bridgehead atoms. The molecule has 0 aromatic rings. The quantitative estimate of drug-likeness (QED) is 0.595. The number of hydrogen-bond donors (Lipinski definition) is 2. The molecule has 5 heteroatoms. The van der Waals surface area contributed by atoms with Crippen molar-refractivity contribution in [1.29, 1.82) is 0 Å². The summed E-state index contributed by atoms with van der Waals surface area (Å²) >= 11 is 0. The van der Waals surface area contributed by atoms with Crippen molar-refractivity contribution in [2.45, 2.75) is 111 Å². The molecule has 0 saturated heterocycles. The fourth-order valence-corrected chi connectivity index (χ4v) is 8.23. The highest BCUT2D eigenvalue weighted by Crippen LogP contribution is 2.68. The Kier molecular flexibility index (Phi) is 5.55. The van der Waals surface area contributed by atoms with Crippen LogP contribution in [0.25, 0.3) is 0 Å². The van der Waals surface area contributed by atoms with Gasteiger partial charge in [-0.3, -0.25) is 9.59 Å². The zero-order valence-electron chi connectivity index (χ0n) is 20.1. The highest BCUT2D eigenvalue weighted by atomic mass is 16.5. The minimum Gasteiger partial charge on any atom is -0.481 e. The van der Waals surface area contributed by atoms with E-state index >= 15 is 0 Å². The summed E-state index contributed by atoms with van der Waals surface area (Å²) in [6.07, 6.45) is 9.56. The summed E-state index contributed by atoms with van der Waals surface area (Å²) < 4.78 is 5.78. The van der Waals surface area contributed by atoms with Gasteiger partial charge in [-0.05, 0) is 113 Å². The van der Waals surface area contributed by atoms with Gasteiger partial charge in [-0.2, -0.15) is 0 Å². The molecule has 31 heavy (non-hydrogen) atoms. The van der Waals surface area contributed by atoms with E-state index in [9.17, 15) is 19.8 Å². The Morgan fingerprint density at radius 3 is 2.32 bits per heavy atom. The van der Waals surface area contributed by atoms with Crippen molar-refractivity contribution >= 4 is 11.9 Å². The summed E-state index contributed by atoms with van der Waals surface area (Å²) in [6.45, 7) is 10.0. The largest absolute Gasteiger partial charge is 0.481 e. The first-order chi connectivity index (χ1) is 14.3. The van der Waals surface area contributed by atoms with Gasteiger partial charge in [0, 0.05) is 0 Å². The molecule has 0 spiro atoms. The van der Waals surface area contributed by atoms with Crippen LogP contribution in [0.5, 0.6) is 0 Å². The highest BCUT2D eigenvalue weighted by molar-refractivity contribution is 5.81. The van der Waals surface area contributed by atoms with Gasteiger partial charge in [0.2, 0.25) is 0 Å². The molecular weight excluding hydrogens is 392 g/mol. The molecule has 0 aliphatic heterocycles. The second-order valence-electron chi connectivity index (χ2n) is 12.7. The predicted octanol–water partition coefficient (Wildman–Crippen LogP) is 5.19. The normalized spacial score (nSPS) is 47.1. The first kappa shape index (κ1) is 23.1. The van der Waals surface area contributed by atoms with Gasteiger partial charge < -0.3 is 14.9 Å². The lowest BCUT2D eigenvalue weighted by molar-refractivity contribution is -0.172. The molecule has 4 aliphatic rings. The summed E-state index contributed by atoms with van der Waals surface area (Å²) in [4.78, 5) is 23.7. The predicted molar refractivity (Wildman–Crippen MR) is 118 cm³/mol. The first-order valence-electron chi connectivity index (χ1n) is 12.5. The van der Waals surface area contributed by atoms with Gasteiger partial charge in [-0.1, -0.05) is 13.8 Å². The second kappa shape index (κ2) is 7.46. The van der Waals surface area contributed by atoms with E-state index < -0.39 is 17.0 Å². The number of carbonyl (C=O) groups is 2. The van der Waals surface area contributed by atoms with Gasteiger partial charge in [0.05, 0.1) is 17.4 Å². The van der Waals surface area contributed by atoms with Crippen LogP contribution >= 0.6 is 0 Å². The molecule has 8 atom stereocenters. The number of rotatable bonds is 4. The smallest absolute Gasteiger partial charge is 0.309 e. The fourth-order valence-electron chi connectivity index (χ4n) is 8.23. The third-order valence-electron chi connectivity index (χ3n) is 10.6. The molecule has 4 fully saturated rings. The Balaban J connectivity index is 1.42. The van der Waals surface area contributed by atoms with Gasteiger partial charge in [-0.25, -0.2) is 0 Å². The van der Waals surface area contributed by atoms with E-state index in [0.717, 1.165) is 38.5 Å². The minimum absolute atomic E-state index is 0.0566. The Bertz CT molecular complexity index is 742. The lowest BCUT2D eigenvalue weighted by Gasteiger charge is -2.61. The Hall–Kier alpha value is -1.10. The molecule has 0 aromatic carbocycles. The van der Waals surface area contributed by atoms with E-state index in [4.69, 9.17) is 4.74 Å². The number of fused-ring (bicyclic) bond motifs is 5. The molecule has 4 saturated carbocycles. The summed E-state index contributed by atoms with van der Waals surface area (Å²) in [5, 5.41) is 20.4. The van der Waals surface area contributed by atoms with Crippen LogP contribution in [-0.4, -0.2) is 33.9 Å². The molecule has 0 aromatic heterocycles. The zero-order chi connectivity index (χ0) is 22.8. The van der Waals surface area contributed by atoms with Gasteiger partial charge in [0.1, 0.15) is 6.10 Å². The van der Waals surface area contributed by atoms with Crippen LogP contribution in [0.15, 0.2) is 0 Å². The van der Waals surface area contributed by atoms with E-state index in [2.05, 4.69) is 20.8 Å². The number of ether oxygens (including phenoxy) is 1. The SMILES string of the molecule is CC(C)(CC(=O)O[C@@H]1CC[C@@]2(C)[C@@H](CC[C@@H]3[C@@H]2CC[C@@]2(C)[C@H]3CC[C@]2(C)O)C1)C(=O)O. The third kappa shape index (κ3) is 3.63. The van der Waals surface area contributed by atoms with Crippen molar-refractivity contribution in [2.24, 2.45) is 39.9 Å². The molecule has 0 amide bonds. The first-order valence-corrected chi connectivity index (χ1v) is 12.5. The van der Waals surface area contributed by atoms with Crippen molar-refractivity contribution in [3.05, 3.63) is 0 Å². The number of hydrogen-bond acceptors (Lipinski definition) is 4. The fraction of sp³-hybridized carbons (Fsp3) is 0.923. The van der Waals surface area contributed by atoms with Crippen LogP contribution in [0.3, 0.4) is 0 Å². The average molecular weight is 435 g/mol. The average Bonchev–Trinajstić information content (AvgIpc) is 2.91. The maximum Gasteiger partial charge on any atom is 0.309 e. The van der Waals surface area contributed by atoms with Crippen LogP contribution in [-0.2, 0) is 14.3 Å². The van der Waals surface area contributed by atoms with Crippen LogP contribution < -0.4 is 0 Å². The highest BCUT2D eigenvalue weighted by Gasteiger charge is 2.63. The van der Waals surface area contributed by atoms with Crippen LogP contribution in [0, 0.1) is 39.9 Å². The van der Waals surface area contributed by atoms with E-state index in [1.54, 1.807) is 13.8 Å². The molecule has 4 rings (SSSR count). The van der Waals surface area contributed by atoms with Crippen molar-refractivity contribution in [1.82, 2.24) is 0 Å². The summed E-state index contributed by atoms with van der Waals surface area (Å²) in [5.74, 6) is 1.28. The van der Waals surface area contributed by atoms with Crippen LogP contribution in [0.4, 0.5) is 0 Å². The van der Waals surface area contributed by atoms with Crippen molar-refractivity contribution < 1.29 is 24.5 Å². The lowest BCUT2D eigenvalue weighted by atomic mass is 9.44. The summed E-state index contributed by atoms with van der Waals surface area (Å²) in [6, 6.07) is 0. The number of carbonyl (C=O) groups excluding carboxylic acids is 1. The van der Waals surface area contributed by atoms with E-state index in [1.807, 2.05) is 0 Å². The Morgan fingerprint density at radius 1 is 0.968 bits per heavy atom. The van der Waals surface area contributed by atoms with Crippen molar-refractivity contribution in [2.75, 3.05) is 0 Å². The standard InChI is InChI=1S/C26H42O5/c1-23(2,22(28)29)15-21(27)31-17-8-11-24(3)16(14-17)6-7-18-19(24)9-12-25(4)20(18)10-13-26(25,5)30/h16-20,30H,6-15H2,1-5H3,(H,28,29)/t16-,17+,18+,19-,20-,24-,25-,26-/m0/s1. The zero-order valence-corrected chi connectivity index (χ0v) is 20.1. The molecule has 0 heterocycles. The number of esters is 1. The van der Waals surface area contributed by atoms with Gasteiger partial charge >= 0.3 is 11.9 Å².